The molecule has 0 atom stereocenters. The molecule has 25 heavy (non-hydrogen) atoms. The van der Waals surface area contributed by atoms with Gasteiger partial charge in [0, 0.05) is 18.6 Å². The Hall–Kier alpha value is -1.39. The lowest BCUT2D eigenvalue weighted by atomic mass is 9.64. The Labute approximate surface area is 150 Å². The lowest BCUT2D eigenvalue weighted by Crippen LogP contribution is -2.48. The molecular weight excluding hydrogens is 312 g/mol. The van der Waals surface area contributed by atoms with Gasteiger partial charge < -0.3 is 10.0 Å². The first-order valence-corrected chi connectivity index (χ1v) is 9.64. The third-order valence-electron chi connectivity index (χ3n) is 7.15. The number of benzene rings is 1. The summed E-state index contributed by atoms with van der Waals surface area (Å²) in [5.74, 6) is -0.0168. The topological polar surface area (TPSA) is 43.8 Å². The van der Waals surface area contributed by atoms with Crippen LogP contribution < -0.4 is 0 Å². The summed E-state index contributed by atoms with van der Waals surface area (Å²) < 4.78 is 0. The molecule has 0 bridgehead atoms. The third kappa shape index (κ3) is 2.80. The molecule has 0 aromatic heterocycles. The fourth-order valence-corrected chi connectivity index (χ4v) is 5.08. The molecule has 3 aliphatic rings. The summed E-state index contributed by atoms with van der Waals surface area (Å²) >= 11 is 0. The van der Waals surface area contributed by atoms with Crippen molar-refractivity contribution in [1.82, 2.24) is 9.80 Å². The minimum absolute atomic E-state index is 0.0168. The maximum Gasteiger partial charge on any atom is 0.254 e. The predicted octanol–water partition coefficient (Wildman–Crippen LogP) is 2.76. The molecule has 0 radical (unpaired) electrons. The minimum Gasteiger partial charge on any atom is -0.380 e. The number of carbonyl (C=O) groups excluding carboxylic acids is 1. The molecule has 1 saturated heterocycles. The number of hydrogen-bond acceptors (Lipinski definition) is 3. The van der Waals surface area contributed by atoms with E-state index in [2.05, 4.69) is 49.3 Å². The van der Waals surface area contributed by atoms with Crippen LogP contribution in [-0.4, -0.2) is 53.6 Å². The molecule has 0 unspecified atom stereocenters. The Kier molecular flexibility index (Phi) is 3.97. The third-order valence-corrected chi connectivity index (χ3v) is 7.15. The van der Waals surface area contributed by atoms with Gasteiger partial charge in [0.15, 0.2) is 0 Å². The molecule has 1 heterocycles. The molecule has 4 nitrogen and oxygen atoms in total. The fraction of sp³-hybridized carbons (Fsp3) is 0.667. The van der Waals surface area contributed by atoms with Crippen LogP contribution in [0.15, 0.2) is 30.3 Å². The van der Waals surface area contributed by atoms with Crippen molar-refractivity contribution >= 4 is 5.91 Å². The van der Waals surface area contributed by atoms with Crippen molar-refractivity contribution in [2.75, 3.05) is 27.2 Å². The standard InChI is InChI=1S/C21H30N2O2/c1-22(2)20(17-6-4-3-5-7-17)10-8-19(9-11-20)14-15-23(16-19)18(24)21(25)12-13-21/h3-7,25H,8-16H2,1-2H3. The van der Waals surface area contributed by atoms with Gasteiger partial charge in [-0.15, -0.1) is 0 Å². The first-order chi connectivity index (χ1) is 11.9. The van der Waals surface area contributed by atoms with Crippen LogP contribution >= 0.6 is 0 Å². The number of aliphatic hydroxyl groups is 1. The van der Waals surface area contributed by atoms with E-state index in [4.69, 9.17) is 0 Å². The van der Waals surface area contributed by atoms with Gasteiger partial charge in [0.2, 0.25) is 0 Å². The van der Waals surface area contributed by atoms with Crippen LogP contribution in [0.1, 0.15) is 50.5 Å². The average Bonchev–Trinajstić information content (AvgIpc) is 3.25. The van der Waals surface area contributed by atoms with E-state index in [0.717, 1.165) is 45.2 Å². The lowest BCUT2D eigenvalue weighted by Gasteiger charge is -2.49. The van der Waals surface area contributed by atoms with Gasteiger partial charge in [0.25, 0.3) is 5.91 Å². The molecular formula is C21H30N2O2. The maximum atomic E-state index is 12.5. The van der Waals surface area contributed by atoms with E-state index in [-0.39, 0.29) is 16.9 Å². The Balaban J connectivity index is 1.48. The average molecular weight is 342 g/mol. The monoisotopic (exact) mass is 342 g/mol. The second kappa shape index (κ2) is 5.82. The van der Waals surface area contributed by atoms with E-state index >= 15 is 0 Å². The second-order valence-corrected chi connectivity index (χ2v) is 8.80. The first-order valence-electron chi connectivity index (χ1n) is 9.64. The van der Waals surface area contributed by atoms with Gasteiger partial charge in [-0.3, -0.25) is 9.69 Å². The number of nitrogens with zero attached hydrogens (tertiary/aromatic N) is 2. The van der Waals surface area contributed by atoms with Crippen LogP contribution in [-0.2, 0) is 10.3 Å². The van der Waals surface area contributed by atoms with Crippen LogP contribution in [0.2, 0.25) is 0 Å². The summed E-state index contributed by atoms with van der Waals surface area (Å²) in [6, 6.07) is 10.9. The summed E-state index contributed by atoms with van der Waals surface area (Å²) in [5.41, 5.74) is 0.763. The highest BCUT2D eigenvalue weighted by atomic mass is 16.3. The molecule has 136 valence electrons. The van der Waals surface area contributed by atoms with Crippen molar-refractivity contribution in [2.45, 2.75) is 56.1 Å². The molecule has 2 saturated carbocycles. The summed E-state index contributed by atoms with van der Waals surface area (Å²) in [4.78, 5) is 16.8. The number of likely N-dealkylation sites (tertiary alicyclic amines) is 1. The zero-order valence-electron chi connectivity index (χ0n) is 15.5. The summed E-state index contributed by atoms with van der Waals surface area (Å²) in [5, 5.41) is 10.2. The Bertz CT molecular complexity index is 643. The van der Waals surface area contributed by atoms with Gasteiger partial charge in [-0.2, -0.15) is 0 Å². The highest BCUT2D eigenvalue weighted by Crippen LogP contribution is 2.52. The van der Waals surface area contributed by atoms with E-state index < -0.39 is 5.60 Å². The summed E-state index contributed by atoms with van der Waals surface area (Å²) in [6.45, 7) is 1.66. The quantitative estimate of drug-likeness (QED) is 0.919. The lowest BCUT2D eigenvalue weighted by molar-refractivity contribution is -0.142. The van der Waals surface area contributed by atoms with Crippen molar-refractivity contribution in [1.29, 1.82) is 0 Å². The van der Waals surface area contributed by atoms with Crippen molar-refractivity contribution in [2.24, 2.45) is 5.41 Å². The fourth-order valence-electron chi connectivity index (χ4n) is 5.08. The van der Waals surface area contributed by atoms with Crippen molar-refractivity contribution in [3.63, 3.8) is 0 Å². The molecule has 3 fully saturated rings. The molecule has 1 N–H and O–H groups in total. The highest BCUT2D eigenvalue weighted by molar-refractivity contribution is 5.88. The molecule has 1 spiro atoms. The molecule has 1 amide bonds. The molecule has 1 aliphatic heterocycles. The zero-order chi connectivity index (χ0) is 17.7. The van der Waals surface area contributed by atoms with E-state index in [1.54, 1.807) is 0 Å². The van der Waals surface area contributed by atoms with Crippen LogP contribution in [0, 0.1) is 5.41 Å². The van der Waals surface area contributed by atoms with E-state index in [9.17, 15) is 9.90 Å². The number of rotatable bonds is 3. The number of carbonyl (C=O) groups is 1. The second-order valence-electron chi connectivity index (χ2n) is 8.80. The van der Waals surface area contributed by atoms with E-state index in [1.807, 2.05) is 4.90 Å². The van der Waals surface area contributed by atoms with Crippen LogP contribution in [0.3, 0.4) is 0 Å². The molecule has 1 aromatic rings. The SMILES string of the molecule is CN(C)C1(c2ccccc2)CCC2(CCN(C(=O)C3(O)CC3)C2)CC1. The Morgan fingerprint density at radius 1 is 1.00 bits per heavy atom. The Morgan fingerprint density at radius 2 is 1.64 bits per heavy atom. The van der Waals surface area contributed by atoms with Crippen molar-refractivity contribution < 1.29 is 9.90 Å². The first kappa shape index (κ1) is 17.0. The largest absolute Gasteiger partial charge is 0.380 e. The minimum atomic E-state index is -1.02. The van der Waals surface area contributed by atoms with E-state index in [1.165, 1.54) is 5.56 Å². The molecule has 1 aromatic carbocycles. The predicted molar refractivity (Wildman–Crippen MR) is 98.1 cm³/mol. The smallest absolute Gasteiger partial charge is 0.254 e. The number of amides is 1. The highest BCUT2D eigenvalue weighted by Gasteiger charge is 2.54. The molecule has 4 heteroatoms. The summed E-state index contributed by atoms with van der Waals surface area (Å²) in [6.07, 6.45) is 6.96. The van der Waals surface area contributed by atoms with E-state index in [0.29, 0.717) is 12.8 Å². The molecule has 4 rings (SSSR count). The summed E-state index contributed by atoms with van der Waals surface area (Å²) in [7, 11) is 4.39. The van der Waals surface area contributed by atoms with Gasteiger partial charge in [-0.25, -0.2) is 0 Å². The van der Waals surface area contributed by atoms with Crippen LogP contribution in [0.4, 0.5) is 0 Å². The molecule has 2 aliphatic carbocycles. The van der Waals surface area contributed by atoms with Gasteiger partial charge in [-0.1, -0.05) is 30.3 Å². The van der Waals surface area contributed by atoms with Gasteiger partial charge in [0.05, 0.1) is 0 Å². The number of hydrogen-bond donors (Lipinski definition) is 1. The Morgan fingerprint density at radius 3 is 2.20 bits per heavy atom. The normalized spacial score (nSPS) is 33.8. The maximum absolute atomic E-state index is 12.5. The van der Waals surface area contributed by atoms with Crippen LogP contribution in [0.25, 0.3) is 0 Å². The van der Waals surface area contributed by atoms with Crippen molar-refractivity contribution in [3.05, 3.63) is 35.9 Å². The zero-order valence-corrected chi connectivity index (χ0v) is 15.5. The van der Waals surface area contributed by atoms with Crippen molar-refractivity contribution in [3.8, 4) is 0 Å². The van der Waals surface area contributed by atoms with Gasteiger partial charge >= 0.3 is 0 Å². The van der Waals surface area contributed by atoms with Gasteiger partial charge in [0.1, 0.15) is 5.60 Å². The van der Waals surface area contributed by atoms with Gasteiger partial charge in [-0.05, 0) is 70.0 Å². The van der Waals surface area contributed by atoms with Crippen LogP contribution in [0.5, 0.6) is 0 Å².